The predicted molar refractivity (Wildman–Crippen MR) is 82.1 cm³/mol. The minimum atomic E-state index is -0.494. The third-order valence-electron chi connectivity index (χ3n) is 4.21. The van der Waals surface area contributed by atoms with E-state index in [4.69, 9.17) is 9.47 Å². The fourth-order valence-electron chi connectivity index (χ4n) is 3.25. The molecule has 0 aromatic rings. The van der Waals surface area contributed by atoms with Crippen LogP contribution >= 0.6 is 0 Å². The highest BCUT2D eigenvalue weighted by Gasteiger charge is 2.47. The summed E-state index contributed by atoms with van der Waals surface area (Å²) < 4.78 is 11.1. The van der Waals surface area contributed by atoms with E-state index in [-0.39, 0.29) is 24.4 Å². The lowest BCUT2D eigenvalue weighted by atomic mass is 10.0. The van der Waals surface area contributed by atoms with Crippen molar-refractivity contribution < 1.29 is 19.1 Å². The van der Waals surface area contributed by atoms with Crippen molar-refractivity contribution in [3.63, 3.8) is 0 Å². The standard InChI is InChI=1S/C16H26N2O4/c1-4-8-12-15(19)17-10-7-9-13(17)16(20)18(12)11-14(21-5-2)22-6-3/h4,12-14H,1,5-11H2,2-3H3/t12-,13+/m1/s1. The zero-order valence-electron chi connectivity index (χ0n) is 13.5. The Balaban J connectivity index is 2.18. The Bertz CT molecular complexity index is 420. The topological polar surface area (TPSA) is 59.1 Å². The molecule has 0 radical (unpaired) electrons. The van der Waals surface area contributed by atoms with Crippen LogP contribution in [0.5, 0.6) is 0 Å². The quantitative estimate of drug-likeness (QED) is 0.499. The second kappa shape index (κ2) is 7.74. The first-order valence-electron chi connectivity index (χ1n) is 8.09. The third kappa shape index (κ3) is 3.33. The Morgan fingerprint density at radius 1 is 1.27 bits per heavy atom. The van der Waals surface area contributed by atoms with E-state index in [9.17, 15) is 9.59 Å². The molecular weight excluding hydrogens is 284 g/mol. The van der Waals surface area contributed by atoms with Gasteiger partial charge in [0.1, 0.15) is 12.1 Å². The monoisotopic (exact) mass is 310 g/mol. The lowest BCUT2D eigenvalue weighted by Gasteiger charge is -2.43. The number of amides is 2. The van der Waals surface area contributed by atoms with Crippen LogP contribution in [0.2, 0.25) is 0 Å². The molecule has 2 aliphatic rings. The van der Waals surface area contributed by atoms with Gasteiger partial charge in [0, 0.05) is 19.8 Å². The smallest absolute Gasteiger partial charge is 0.246 e. The second-order valence-electron chi connectivity index (χ2n) is 5.56. The maximum atomic E-state index is 12.8. The summed E-state index contributed by atoms with van der Waals surface area (Å²) in [7, 11) is 0. The van der Waals surface area contributed by atoms with E-state index in [1.165, 1.54) is 0 Å². The van der Waals surface area contributed by atoms with Crippen molar-refractivity contribution in [2.24, 2.45) is 0 Å². The lowest BCUT2D eigenvalue weighted by molar-refractivity contribution is -0.176. The molecule has 0 unspecified atom stereocenters. The van der Waals surface area contributed by atoms with Gasteiger partial charge in [-0.05, 0) is 33.1 Å². The van der Waals surface area contributed by atoms with Crippen LogP contribution in [0.1, 0.15) is 33.1 Å². The van der Waals surface area contributed by atoms with Crippen molar-refractivity contribution >= 4 is 11.8 Å². The maximum Gasteiger partial charge on any atom is 0.246 e. The molecule has 0 N–H and O–H groups in total. The summed E-state index contributed by atoms with van der Waals surface area (Å²) in [6, 6.07) is -0.791. The fraction of sp³-hybridized carbons (Fsp3) is 0.750. The van der Waals surface area contributed by atoms with Gasteiger partial charge in [0.25, 0.3) is 0 Å². The van der Waals surface area contributed by atoms with Gasteiger partial charge in [-0.1, -0.05) is 6.08 Å². The van der Waals surface area contributed by atoms with Crippen LogP contribution in [0.3, 0.4) is 0 Å². The Kier molecular flexibility index (Phi) is 5.97. The van der Waals surface area contributed by atoms with E-state index in [1.54, 1.807) is 15.9 Å². The first kappa shape index (κ1) is 17.0. The normalized spacial score (nSPS) is 25.0. The zero-order valence-corrected chi connectivity index (χ0v) is 13.5. The van der Waals surface area contributed by atoms with E-state index in [1.807, 2.05) is 13.8 Å². The predicted octanol–water partition coefficient (Wildman–Crippen LogP) is 1.16. The third-order valence-corrected chi connectivity index (χ3v) is 4.21. The van der Waals surface area contributed by atoms with Crippen LogP contribution in [-0.4, -0.2) is 66.3 Å². The Hall–Kier alpha value is -1.40. The summed E-state index contributed by atoms with van der Waals surface area (Å²) in [5.74, 6) is 0.0297. The van der Waals surface area contributed by atoms with Gasteiger partial charge < -0.3 is 19.3 Å². The largest absolute Gasteiger partial charge is 0.351 e. The highest BCUT2D eigenvalue weighted by atomic mass is 16.7. The van der Waals surface area contributed by atoms with Crippen molar-refractivity contribution in [1.82, 2.24) is 9.80 Å². The van der Waals surface area contributed by atoms with Crippen LogP contribution in [0.25, 0.3) is 0 Å². The first-order valence-corrected chi connectivity index (χ1v) is 8.09. The molecule has 124 valence electrons. The Morgan fingerprint density at radius 3 is 2.55 bits per heavy atom. The number of nitrogens with zero attached hydrogens (tertiary/aromatic N) is 2. The van der Waals surface area contributed by atoms with E-state index in [0.717, 1.165) is 12.8 Å². The number of fused-ring (bicyclic) bond motifs is 1. The molecule has 2 saturated heterocycles. The maximum absolute atomic E-state index is 12.8. The molecule has 2 amide bonds. The van der Waals surface area contributed by atoms with E-state index < -0.39 is 12.3 Å². The molecule has 0 bridgehead atoms. The molecule has 2 atom stereocenters. The van der Waals surface area contributed by atoms with Gasteiger partial charge in [0.15, 0.2) is 6.29 Å². The van der Waals surface area contributed by atoms with Crippen LogP contribution in [0.4, 0.5) is 0 Å². The summed E-state index contributed by atoms with van der Waals surface area (Å²) in [6.07, 6.45) is 3.29. The van der Waals surface area contributed by atoms with Gasteiger partial charge in [0.05, 0.1) is 6.54 Å². The molecular formula is C16H26N2O4. The number of carbonyl (C=O) groups excluding carboxylic acids is 2. The van der Waals surface area contributed by atoms with Crippen molar-refractivity contribution in [2.45, 2.75) is 51.5 Å². The highest BCUT2D eigenvalue weighted by Crippen LogP contribution is 2.28. The number of carbonyl (C=O) groups is 2. The minimum absolute atomic E-state index is 0.00774. The molecule has 2 fully saturated rings. The molecule has 0 aromatic carbocycles. The van der Waals surface area contributed by atoms with E-state index in [0.29, 0.717) is 26.2 Å². The van der Waals surface area contributed by atoms with E-state index in [2.05, 4.69) is 6.58 Å². The van der Waals surface area contributed by atoms with Crippen molar-refractivity contribution in [2.75, 3.05) is 26.3 Å². The van der Waals surface area contributed by atoms with Gasteiger partial charge >= 0.3 is 0 Å². The highest BCUT2D eigenvalue weighted by molar-refractivity contribution is 5.97. The van der Waals surface area contributed by atoms with Crippen molar-refractivity contribution in [3.05, 3.63) is 12.7 Å². The number of hydrogen-bond donors (Lipinski definition) is 0. The van der Waals surface area contributed by atoms with E-state index >= 15 is 0 Å². The molecule has 2 aliphatic heterocycles. The second-order valence-corrected chi connectivity index (χ2v) is 5.56. The van der Waals surface area contributed by atoms with Crippen molar-refractivity contribution in [3.8, 4) is 0 Å². The number of hydrogen-bond acceptors (Lipinski definition) is 4. The Labute approximate surface area is 132 Å². The molecule has 6 nitrogen and oxygen atoms in total. The fourth-order valence-corrected chi connectivity index (χ4v) is 3.25. The minimum Gasteiger partial charge on any atom is -0.351 e. The molecule has 0 saturated carbocycles. The van der Waals surface area contributed by atoms with Gasteiger partial charge in [-0.15, -0.1) is 6.58 Å². The average Bonchev–Trinajstić information content (AvgIpc) is 2.98. The van der Waals surface area contributed by atoms with Gasteiger partial charge in [-0.25, -0.2) is 0 Å². The molecule has 2 rings (SSSR count). The first-order chi connectivity index (χ1) is 10.6. The molecule has 0 spiro atoms. The molecule has 0 aromatic heterocycles. The summed E-state index contributed by atoms with van der Waals surface area (Å²) in [4.78, 5) is 28.8. The Morgan fingerprint density at radius 2 is 1.95 bits per heavy atom. The average molecular weight is 310 g/mol. The summed E-state index contributed by atoms with van der Waals surface area (Å²) in [5, 5.41) is 0. The number of piperazine rings is 1. The molecule has 2 heterocycles. The summed E-state index contributed by atoms with van der Waals surface area (Å²) in [6.45, 7) is 9.45. The summed E-state index contributed by atoms with van der Waals surface area (Å²) in [5.41, 5.74) is 0. The number of ether oxygens (including phenoxy) is 2. The molecule has 22 heavy (non-hydrogen) atoms. The number of rotatable bonds is 8. The van der Waals surface area contributed by atoms with Crippen LogP contribution in [-0.2, 0) is 19.1 Å². The molecule has 6 heteroatoms. The zero-order chi connectivity index (χ0) is 16.1. The lowest BCUT2D eigenvalue weighted by Crippen LogP contribution is -2.64. The van der Waals surface area contributed by atoms with Crippen LogP contribution < -0.4 is 0 Å². The summed E-state index contributed by atoms with van der Waals surface area (Å²) >= 11 is 0. The molecule has 0 aliphatic carbocycles. The SMILES string of the molecule is C=CC[C@@H]1C(=O)N2CCC[C@H]2C(=O)N1CC(OCC)OCC. The van der Waals surface area contributed by atoms with Crippen LogP contribution in [0, 0.1) is 0 Å². The van der Waals surface area contributed by atoms with Crippen LogP contribution in [0.15, 0.2) is 12.7 Å². The van der Waals surface area contributed by atoms with Crippen molar-refractivity contribution in [1.29, 1.82) is 0 Å². The van der Waals surface area contributed by atoms with Gasteiger partial charge in [-0.2, -0.15) is 0 Å². The van der Waals surface area contributed by atoms with Gasteiger partial charge in [0.2, 0.25) is 11.8 Å². The van der Waals surface area contributed by atoms with Gasteiger partial charge in [-0.3, -0.25) is 9.59 Å².